The Labute approximate surface area is 155 Å². The average Bonchev–Trinajstić information content (AvgIpc) is 3.05. The van der Waals surface area contributed by atoms with Crippen molar-refractivity contribution in [3.63, 3.8) is 0 Å². The van der Waals surface area contributed by atoms with Gasteiger partial charge in [0.15, 0.2) is 0 Å². The minimum atomic E-state index is -4.41. The molecule has 1 aliphatic heterocycles. The second-order valence-corrected chi connectivity index (χ2v) is 5.35. The van der Waals surface area contributed by atoms with Crippen LogP contribution in [-0.4, -0.2) is 37.8 Å². The van der Waals surface area contributed by atoms with Crippen LogP contribution in [0, 0.1) is 0 Å². The molecule has 0 saturated carbocycles. The van der Waals surface area contributed by atoms with Gasteiger partial charge in [-0.3, -0.25) is 4.90 Å². The van der Waals surface area contributed by atoms with Crippen LogP contribution in [0.1, 0.15) is 21.6 Å². The Morgan fingerprint density at radius 1 is 1.14 bits per heavy atom. The van der Waals surface area contributed by atoms with E-state index in [1.165, 1.54) is 36.7 Å². The Hall–Kier alpha value is -3.85. The number of carbonyl (C=O) groups excluding carboxylic acids is 1. The third-order valence-electron chi connectivity index (χ3n) is 3.58. The minimum Gasteiger partial charge on any atom is -0.478 e. The van der Waals surface area contributed by atoms with Gasteiger partial charge in [0, 0.05) is 18.6 Å². The van der Waals surface area contributed by atoms with Crippen LogP contribution in [0.25, 0.3) is 6.20 Å². The highest BCUT2D eigenvalue weighted by Gasteiger charge is 2.30. The molecule has 0 bridgehead atoms. The van der Waals surface area contributed by atoms with E-state index in [0.29, 0.717) is 5.69 Å². The summed E-state index contributed by atoms with van der Waals surface area (Å²) in [5.41, 5.74) is -0.285. The molecule has 1 aromatic carbocycles. The van der Waals surface area contributed by atoms with Crippen molar-refractivity contribution in [2.24, 2.45) is 4.99 Å². The first-order valence-corrected chi connectivity index (χ1v) is 7.49. The predicted octanol–water partition coefficient (Wildman–Crippen LogP) is 3.78. The molecule has 0 unspecified atom stereocenters. The molecular weight excluding hydrogens is 383 g/mol. The first-order chi connectivity index (χ1) is 13.1. The summed E-state index contributed by atoms with van der Waals surface area (Å²) in [5, 5.41) is 17.6. The quantitative estimate of drug-likeness (QED) is 0.594. The fourth-order valence-corrected chi connectivity index (χ4v) is 2.28. The van der Waals surface area contributed by atoms with Gasteiger partial charge < -0.3 is 14.8 Å². The molecule has 11 heteroatoms. The van der Waals surface area contributed by atoms with Gasteiger partial charge in [-0.05, 0) is 24.3 Å². The molecule has 2 heterocycles. The van der Waals surface area contributed by atoms with Crippen LogP contribution in [0.5, 0.6) is 0 Å². The Balaban J connectivity index is 0.000000203. The molecule has 0 spiro atoms. The maximum atomic E-state index is 12.1. The molecule has 1 amide bonds. The van der Waals surface area contributed by atoms with Gasteiger partial charge in [-0.25, -0.2) is 14.4 Å². The molecule has 8 nitrogen and oxygen atoms in total. The highest BCUT2D eigenvalue weighted by Crippen LogP contribution is 2.31. The van der Waals surface area contributed by atoms with E-state index in [-0.39, 0.29) is 17.8 Å². The van der Waals surface area contributed by atoms with Crippen LogP contribution >= 0.6 is 0 Å². The highest BCUT2D eigenvalue weighted by atomic mass is 19.4. The largest absolute Gasteiger partial charge is 0.478 e. The number of alkyl halides is 3. The van der Waals surface area contributed by atoms with Crippen molar-refractivity contribution in [1.29, 1.82) is 0 Å². The number of nitrogens with zero attached hydrogens (tertiary/aromatic N) is 3. The molecule has 0 fully saturated rings. The highest BCUT2D eigenvalue weighted by molar-refractivity contribution is 5.89. The van der Waals surface area contributed by atoms with Crippen LogP contribution < -0.4 is 0 Å². The Morgan fingerprint density at radius 2 is 1.86 bits per heavy atom. The van der Waals surface area contributed by atoms with Gasteiger partial charge in [-0.15, -0.1) is 0 Å². The van der Waals surface area contributed by atoms with Crippen molar-refractivity contribution in [1.82, 2.24) is 9.47 Å². The number of aromatic nitrogens is 1. The van der Waals surface area contributed by atoms with E-state index >= 15 is 0 Å². The molecule has 2 N–H and O–H groups in total. The zero-order valence-corrected chi connectivity index (χ0v) is 13.9. The lowest BCUT2D eigenvalue weighted by molar-refractivity contribution is -0.137. The lowest BCUT2D eigenvalue weighted by Gasteiger charge is -2.20. The number of isocyanates is 1. The van der Waals surface area contributed by atoms with Crippen molar-refractivity contribution in [2.45, 2.75) is 12.7 Å². The number of carboxylic acids is 1. The lowest BCUT2D eigenvalue weighted by Crippen LogP contribution is -2.27. The number of halogens is 3. The monoisotopic (exact) mass is 395 g/mol. The van der Waals surface area contributed by atoms with Crippen LogP contribution in [0.4, 0.5) is 23.7 Å². The maximum Gasteiger partial charge on any atom is 0.416 e. The molecule has 28 heavy (non-hydrogen) atoms. The number of hydrogen-bond donors (Lipinski definition) is 2. The van der Waals surface area contributed by atoms with Crippen LogP contribution in [0.15, 0.2) is 47.7 Å². The average molecular weight is 395 g/mol. The number of rotatable bonds is 2. The molecule has 0 radical (unpaired) electrons. The van der Waals surface area contributed by atoms with Crippen molar-refractivity contribution in [3.05, 3.63) is 59.5 Å². The summed E-state index contributed by atoms with van der Waals surface area (Å²) in [7, 11) is 0. The summed E-state index contributed by atoms with van der Waals surface area (Å²) in [5.74, 6) is -1.05. The normalized spacial score (nSPS) is 12.3. The number of aliphatic imine (C=N–C) groups is 1. The molecule has 0 atom stereocenters. The third-order valence-corrected chi connectivity index (χ3v) is 3.58. The summed E-state index contributed by atoms with van der Waals surface area (Å²) >= 11 is 0. The zero-order chi connectivity index (χ0) is 20.9. The van der Waals surface area contributed by atoms with Gasteiger partial charge in [0.05, 0.1) is 29.1 Å². The number of aromatic carboxylic acids is 1. The molecule has 146 valence electrons. The molecule has 2 aromatic rings. The summed E-state index contributed by atoms with van der Waals surface area (Å²) < 4.78 is 37.8. The molecule has 3 rings (SSSR count). The van der Waals surface area contributed by atoms with Crippen molar-refractivity contribution in [3.8, 4) is 0 Å². The van der Waals surface area contributed by atoms with Crippen LogP contribution in [0.2, 0.25) is 0 Å². The molecule has 0 aliphatic carbocycles. The fraction of sp³-hybridized carbons (Fsp3) is 0.118. The third kappa shape index (κ3) is 4.86. The van der Waals surface area contributed by atoms with E-state index in [1.54, 1.807) is 10.8 Å². The predicted molar refractivity (Wildman–Crippen MR) is 89.5 cm³/mol. The van der Waals surface area contributed by atoms with Gasteiger partial charge in [-0.1, -0.05) is 6.07 Å². The van der Waals surface area contributed by atoms with Gasteiger partial charge in [-0.2, -0.15) is 18.2 Å². The number of hydrogen-bond acceptors (Lipinski definition) is 4. The topological polar surface area (TPSA) is 112 Å². The standard InChI is InChI=1S/C9H8N2O4.C8H4F3NO/c12-8(13)6-1-2-10-3-4-11(9(14)15)5-7(6)10;9-8(10,11)6-2-1-3-7(4-6)12-5-13/h1-4H,5H2,(H,12,13)(H,14,15);1-4H. The molecular formula is C17H12F3N3O5. The van der Waals surface area contributed by atoms with E-state index in [9.17, 15) is 27.6 Å². The lowest BCUT2D eigenvalue weighted by atomic mass is 10.2. The first-order valence-electron chi connectivity index (χ1n) is 7.49. The SMILES string of the molecule is O=C(O)c1ccn2c1CN(C(=O)O)C=C2.O=C=Nc1cccc(C(F)(F)F)c1. The van der Waals surface area contributed by atoms with E-state index < -0.39 is 23.8 Å². The number of carboxylic acid groups (broad SMARTS) is 2. The maximum absolute atomic E-state index is 12.1. The number of carbonyl (C=O) groups is 2. The second-order valence-electron chi connectivity index (χ2n) is 5.35. The summed E-state index contributed by atoms with van der Waals surface area (Å²) in [6, 6.07) is 5.61. The molecule has 1 aliphatic rings. The van der Waals surface area contributed by atoms with E-state index in [2.05, 4.69) is 4.99 Å². The van der Waals surface area contributed by atoms with Gasteiger partial charge in [0.2, 0.25) is 6.08 Å². The van der Waals surface area contributed by atoms with Crippen LogP contribution in [-0.2, 0) is 17.5 Å². The smallest absolute Gasteiger partial charge is 0.416 e. The zero-order valence-electron chi connectivity index (χ0n) is 13.9. The van der Waals surface area contributed by atoms with Gasteiger partial charge >= 0.3 is 18.2 Å². The van der Waals surface area contributed by atoms with Crippen molar-refractivity contribution in [2.75, 3.05) is 0 Å². The van der Waals surface area contributed by atoms with Gasteiger partial charge in [0.25, 0.3) is 0 Å². The fourth-order valence-electron chi connectivity index (χ4n) is 2.28. The summed E-state index contributed by atoms with van der Waals surface area (Å²) in [6.07, 6.45) is 0.155. The minimum absolute atomic E-state index is 0.0511. The summed E-state index contributed by atoms with van der Waals surface area (Å²) in [4.78, 5) is 35.4. The van der Waals surface area contributed by atoms with Crippen molar-refractivity contribution >= 4 is 30.0 Å². The Bertz CT molecular complexity index is 975. The number of amides is 1. The Morgan fingerprint density at radius 3 is 2.43 bits per heavy atom. The van der Waals surface area contributed by atoms with Crippen molar-refractivity contribution < 1.29 is 37.8 Å². The molecule has 1 aromatic heterocycles. The first kappa shape index (κ1) is 20.5. The van der Waals surface area contributed by atoms with E-state index in [0.717, 1.165) is 17.0 Å². The molecule has 0 saturated heterocycles. The van der Waals surface area contributed by atoms with Gasteiger partial charge in [0.1, 0.15) is 0 Å². The number of fused-ring (bicyclic) bond motifs is 1. The Kier molecular flexibility index (Phi) is 6.01. The van der Waals surface area contributed by atoms with E-state index in [1.807, 2.05) is 0 Å². The van der Waals surface area contributed by atoms with Crippen LogP contribution in [0.3, 0.4) is 0 Å². The summed E-state index contributed by atoms with van der Waals surface area (Å²) in [6.45, 7) is 0.0560. The number of benzene rings is 1. The van der Waals surface area contributed by atoms with E-state index in [4.69, 9.17) is 10.2 Å². The second kappa shape index (κ2) is 8.23.